The van der Waals surface area contributed by atoms with Crippen LogP contribution in [0, 0.1) is 30.6 Å². The number of carbonyl (C=O) groups excluding carboxylic acids is 3. The summed E-state index contributed by atoms with van der Waals surface area (Å²) in [7, 11) is 0. The van der Waals surface area contributed by atoms with Crippen molar-refractivity contribution >= 4 is 29.0 Å². The van der Waals surface area contributed by atoms with Crippen LogP contribution in [-0.2, 0) is 16.0 Å². The highest BCUT2D eigenvalue weighted by Gasteiger charge is 2.33. The maximum atomic E-state index is 13.8. The lowest BCUT2D eigenvalue weighted by molar-refractivity contribution is -0.148. The Balaban J connectivity index is 1.09. The fourth-order valence-corrected chi connectivity index (χ4v) is 7.96. The van der Waals surface area contributed by atoms with E-state index in [0.717, 1.165) is 53.5 Å². The van der Waals surface area contributed by atoms with Crippen LogP contribution in [-0.4, -0.2) is 67.2 Å². The number of benzene rings is 3. The number of amidine groups is 1. The topological polar surface area (TPSA) is 130 Å². The number of rotatable bonds is 14. The Labute approximate surface area is 314 Å². The molecule has 1 saturated heterocycles. The van der Waals surface area contributed by atoms with Gasteiger partial charge in [0, 0.05) is 41.5 Å². The number of aliphatic imine (C=N–C) groups is 1. The number of halogens is 3. The number of piperidine rings is 1. The Morgan fingerprint density at radius 3 is 2.19 bits per heavy atom. The van der Waals surface area contributed by atoms with Gasteiger partial charge in [-0.1, -0.05) is 36.4 Å². The molecule has 1 atom stereocenters. The number of aryl methyl sites for hydroxylation is 1. The van der Waals surface area contributed by atoms with E-state index in [9.17, 15) is 27.6 Å². The molecule has 0 aromatic heterocycles. The van der Waals surface area contributed by atoms with E-state index in [1.54, 1.807) is 12.1 Å². The van der Waals surface area contributed by atoms with Crippen LogP contribution in [0.2, 0.25) is 0 Å². The monoisotopic (exact) mass is 742 g/mol. The molecule has 2 fully saturated rings. The van der Waals surface area contributed by atoms with Crippen molar-refractivity contribution in [3.63, 3.8) is 0 Å². The van der Waals surface area contributed by atoms with Gasteiger partial charge in [-0.2, -0.15) is 18.3 Å². The number of ketones is 2. The number of nitrogens with one attached hydrogen (secondary N) is 1. The first-order valence-electron chi connectivity index (χ1n) is 19.0. The summed E-state index contributed by atoms with van der Waals surface area (Å²) in [4.78, 5) is 46.1. The van der Waals surface area contributed by atoms with Gasteiger partial charge in [-0.15, -0.1) is 5.11 Å². The lowest BCUT2D eigenvalue weighted by Crippen LogP contribution is -2.40. The van der Waals surface area contributed by atoms with Crippen molar-refractivity contribution in [1.29, 1.82) is 0 Å². The first-order chi connectivity index (χ1) is 25.9. The van der Waals surface area contributed by atoms with E-state index in [4.69, 9.17) is 5.73 Å². The molecule has 0 spiro atoms. The fourth-order valence-electron chi connectivity index (χ4n) is 7.96. The molecule has 286 valence electrons. The summed E-state index contributed by atoms with van der Waals surface area (Å²) in [5.74, 6) is 0.391. The molecule has 1 saturated carbocycles. The minimum absolute atomic E-state index is 0.00572. The number of alkyl halides is 3. The van der Waals surface area contributed by atoms with Crippen LogP contribution in [0.3, 0.4) is 0 Å². The van der Waals surface area contributed by atoms with Crippen molar-refractivity contribution in [2.45, 2.75) is 70.9 Å². The Morgan fingerprint density at radius 1 is 0.889 bits per heavy atom. The minimum Gasteiger partial charge on any atom is -0.330 e. The normalized spacial score (nSPS) is 20.1. The quantitative estimate of drug-likeness (QED) is 0.161. The first-order valence-corrected chi connectivity index (χ1v) is 19.0. The summed E-state index contributed by atoms with van der Waals surface area (Å²) < 4.78 is 38.3. The molecule has 3 aromatic rings. The van der Waals surface area contributed by atoms with Crippen LogP contribution >= 0.6 is 0 Å². The standard InChI is InChI=1S/C42H49F3N6O3/c1-27-20-34(38(52)22-29-16-18-51(19-17-29)25-42(43,44)45)12-15-37(27)31-6-2-28(3-7-31)21-35(23-39(53)32-8-4-30(24-46)5-9-32)41(54)49-36-13-10-33(11-14-36)40-47-26-48-50-40/h2-3,6-7,10-15,20,29-30,32,35H,4-5,8-9,16-19,21-26,46H2,1H3,(H,49,54)/t30?,32?,35-/m1/s1. The molecular formula is C42H49F3N6O3. The maximum absolute atomic E-state index is 13.8. The summed E-state index contributed by atoms with van der Waals surface area (Å²) in [5.41, 5.74) is 11.7. The van der Waals surface area contributed by atoms with Gasteiger partial charge in [-0.3, -0.25) is 19.3 Å². The third-order valence-electron chi connectivity index (χ3n) is 11.2. The van der Waals surface area contributed by atoms with Crippen LogP contribution in [0.4, 0.5) is 18.9 Å². The van der Waals surface area contributed by atoms with Crippen molar-refractivity contribution in [3.05, 3.63) is 89.0 Å². The molecule has 0 bridgehead atoms. The fraction of sp³-hybridized carbons (Fsp3) is 0.476. The maximum Gasteiger partial charge on any atom is 0.401 e. The van der Waals surface area contributed by atoms with Gasteiger partial charge in [0.25, 0.3) is 0 Å². The van der Waals surface area contributed by atoms with Gasteiger partial charge in [-0.05, 0) is 136 Å². The second kappa shape index (κ2) is 17.7. The predicted molar refractivity (Wildman–Crippen MR) is 203 cm³/mol. The number of anilines is 1. The van der Waals surface area contributed by atoms with E-state index >= 15 is 0 Å². The number of hydrogen-bond acceptors (Lipinski definition) is 8. The molecule has 54 heavy (non-hydrogen) atoms. The highest BCUT2D eigenvalue weighted by Crippen LogP contribution is 2.32. The van der Waals surface area contributed by atoms with Crippen molar-refractivity contribution in [1.82, 2.24) is 4.90 Å². The molecule has 2 aliphatic heterocycles. The van der Waals surface area contributed by atoms with E-state index in [-0.39, 0.29) is 35.7 Å². The number of carbonyl (C=O) groups is 3. The van der Waals surface area contributed by atoms with Crippen LogP contribution in [0.5, 0.6) is 0 Å². The Morgan fingerprint density at radius 2 is 1.57 bits per heavy atom. The number of amides is 1. The molecular weight excluding hydrogens is 693 g/mol. The van der Waals surface area contributed by atoms with E-state index in [2.05, 4.69) is 20.5 Å². The van der Waals surface area contributed by atoms with E-state index in [1.807, 2.05) is 61.5 Å². The molecule has 3 aliphatic rings. The average Bonchev–Trinajstić information content (AvgIpc) is 3.71. The van der Waals surface area contributed by atoms with Gasteiger partial charge in [0.2, 0.25) is 5.91 Å². The second-order valence-corrected chi connectivity index (χ2v) is 15.1. The lowest BCUT2D eigenvalue weighted by Gasteiger charge is -2.32. The van der Waals surface area contributed by atoms with Gasteiger partial charge in [0.1, 0.15) is 5.78 Å². The Bertz CT molecular complexity index is 1840. The van der Waals surface area contributed by atoms with Gasteiger partial charge in [-0.25, -0.2) is 4.99 Å². The number of Topliss-reactive ketones (excluding diaryl/α,β-unsaturated/α-hetero) is 2. The smallest absolute Gasteiger partial charge is 0.330 e. The molecule has 6 rings (SSSR count). The molecule has 3 aromatic carbocycles. The SMILES string of the molecule is Cc1cc(C(=O)CC2CCN(CC(F)(F)F)CC2)ccc1-c1ccc(C[C@H](CC(=O)C2CCC(CN)CC2)C(=O)Nc2ccc(C3=NCN=N3)cc2)cc1. The molecule has 9 nitrogen and oxygen atoms in total. The van der Waals surface area contributed by atoms with Crippen LogP contribution in [0.1, 0.15) is 78.4 Å². The van der Waals surface area contributed by atoms with Crippen molar-refractivity contribution in [2.24, 2.45) is 44.6 Å². The summed E-state index contributed by atoms with van der Waals surface area (Å²) in [5, 5.41) is 10.9. The molecule has 0 radical (unpaired) electrons. The summed E-state index contributed by atoms with van der Waals surface area (Å²) in [6.07, 6.45) is 1.31. The zero-order chi connectivity index (χ0) is 38.2. The van der Waals surface area contributed by atoms with Crippen LogP contribution < -0.4 is 11.1 Å². The van der Waals surface area contributed by atoms with Gasteiger partial charge in [0.05, 0.1) is 6.54 Å². The third-order valence-corrected chi connectivity index (χ3v) is 11.2. The second-order valence-electron chi connectivity index (χ2n) is 15.1. The number of azo groups is 1. The molecule has 3 N–H and O–H groups in total. The van der Waals surface area contributed by atoms with E-state index in [0.29, 0.717) is 75.0 Å². The number of likely N-dealkylation sites (tertiary alicyclic amines) is 1. The van der Waals surface area contributed by atoms with Crippen molar-refractivity contribution in [3.8, 4) is 11.1 Å². The first kappa shape index (κ1) is 39.2. The predicted octanol–water partition coefficient (Wildman–Crippen LogP) is 8.20. The number of nitrogens with zero attached hydrogens (tertiary/aromatic N) is 4. The third kappa shape index (κ3) is 10.6. The van der Waals surface area contributed by atoms with Crippen molar-refractivity contribution < 1.29 is 27.6 Å². The Kier molecular flexibility index (Phi) is 12.9. The molecule has 1 amide bonds. The van der Waals surface area contributed by atoms with Gasteiger partial charge in [0.15, 0.2) is 18.3 Å². The zero-order valence-electron chi connectivity index (χ0n) is 30.8. The molecule has 0 unspecified atom stereocenters. The lowest BCUT2D eigenvalue weighted by atomic mass is 9.77. The number of hydrogen-bond donors (Lipinski definition) is 2. The average molecular weight is 743 g/mol. The molecule has 1 aliphatic carbocycles. The largest absolute Gasteiger partial charge is 0.401 e. The van der Waals surface area contributed by atoms with Gasteiger partial charge < -0.3 is 11.1 Å². The minimum atomic E-state index is -4.21. The Hall–Kier alpha value is -4.55. The van der Waals surface area contributed by atoms with Gasteiger partial charge >= 0.3 is 6.18 Å². The van der Waals surface area contributed by atoms with E-state index in [1.165, 1.54) is 4.90 Å². The van der Waals surface area contributed by atoms with Crippen LogP contribution in [0.15, 0.2) is 82.0 Å². The molecule has 12 heteroatoms. The van der Waals surface area contributed by atoms with Crippen LogP contribution in [0.25, 0.3) is 11.1 Å². The van der Waals surface area contributed by atoms with E-state index < -0.39 is 18.6 Å². The summed E-state index contributed by atoms with van der Waals surface area (Å²) in [6, 6.07) is 20.9. The summed E-state index contributed by atoms with van der Waals surface area (Å²) >= 11 is 0. The summed E-state index contributed by atoms with van der Waals surface area (Å²) in [6.45, 7) is 2.71. The zero-order valence-corrected chi connectivity index (χ0v) is 30.8. The highest BCUT2D eigenvalue weighted by atomic mass is 19.4. The highest BCUT2D eigenvalue weighted by molar-refractivity contribution is 6.01. The number of nitrogens with two attached hydrogens (primary N) is 1. The van der Waals surface area contributed by atoms with Crippen molar-refractivity contribution in [2.75, 3.05) is 38.2 Å². The molecule has 2 heterocycles.